The third kappa shape index (κ3) is 11.4. The number of likely N-dealkylation sites (N-methyl/N-ethyl adjacent to an activating group) is 2. The zero-order valence-electron chi connectivity index (χ0n) is 16.1. The van der Waals surface area contributed by atoms with Gasteiger partial charge in [0, 0.05) is 25.2 Å². The molecule has 0 amide bonds. The highest BCUT2D eigenvalue weighted by Crippen LogP contribution is 2.01. The van der Waals surface area contributed by atoms with Crippen molar-refractivity contribution in [3.05, 3.63) is 0 Å². The lowest BCUT2D eigenvalue weighted by Crippen LogP contribution is -2.37. The van der Waals surface area contributed by atoms with Crippen molar-refractivity contribution in [1.29, 1.82) is 0 Å². The second-order valence-electron chi connectivity index (χ2n) is 6.87. The number of rotatable bonds is 15. The Morgan fingerprint density at radius 2 is 1.00 bits per heavy atom. The number of hydrogen-bond acceptors (Lipinski definition) is 4. The predicted octanol–water partition coefficient (Wildman–Crippen LogP) is 2.41. The number of nitrogens with one attached hydrogen (secondary N) is 2. The summed E-state index contributed by atoms with van der Waals surface area (Å²) in [6.07, 6.45) is 7.74. The molecule has 0 rings (SSSR count). The van der Waals surface area contributed by atoms with Crippen LogP contribution >= 0.6 is 0 Å². The van der Waals surface area contributed by atoms with Crippen LogP contribution in [0.15, 0.2) is 0 Å². The smallest absolute Gasteiger partial charge is 0.0211 e. The van der Waals surface area contributed by atoms with Crippen LogP contribution in [0.4, 0.5) is 0 Å². The molecule has 0 aromatic heterocycles. The Morgan fingerprint density at radius 3 is 1.27 bits per heavy atom. The summed E-state index contributed by atoms with van der Waals surface area (Å²) in [6.45, 7) is 9.09. The first-order valence-corrected chi connectivity index (χ1v) is 9.27. The van der Waals surface area contributed by atoms with Crippen LogP contribution < -0.4 is 10.6 Å². The normalized spacial score (nSPS) is 14.7. The van der Waals surface area contributed by atoms with E-state index < -0.39 is 0 Å². The van der Waals surface area contributed by atoms with Gasteiger partial charge in [-0.1, -0.05) is 26.7 Å². The quantitative estimate of drug-likeness (QED) is 0.455. The molecule has 0 aromatic rings. The molecule has 22 heavy (non-hydrogen) atoms. The fraction of sp³-hybridized carbons (Fsp3) is 1.00. The molecule has 0 saturated heterocycles. The largest absolute Gasteiger partial charge is 0.315 e. The van der Waals surface area contributed by atoms with Crippen molar-refractivity contribution < 1.29 is 0 Å². The van der Waals surface area contributed by atoms with E-state index in [1.165, 1.54) is 38.5 Å². The molecule has 0 fully saturated rings. The number of nitrogens with zero attached hydrogens (tertiary/aromatic N) is 2. The molecule has 0 aromatic carbocycles. The lowest BCUT2D eigenvalue weighted by molar-refractivity contribution is 0.275. The fourth-order valence-corrected chi connectivity index (χ4v) is 2.78. The number of hydrogen-bond donors (Lipinski definition) is 2. The van der Waals surface area contributed by atoms with Crippen LogP contribution in [0.2, 0.25) is 0 Å². The molecule has 134 valence electrons. The predicted molar refractivity (Wildman–Crippen MR) is 99.7 cm³/mol. The summed E-state index contributed by atoms with van der Waals surface area (Å²) >= 11 is 0. The van der Waals surface area contributed by atoms with Crippen molar-refractivity contribution in [2.75, 3.05) is 54.4 Å². The van der Waals surface area contributed by atoms with Crippen molar-refractivity contribution in [3.8, 4) is 0 Å². The minimum absolute atomic E-state index is 0.674. The molecule has 2 unspecified atom stereocenters. The maximum absolute atomic E-state index is 3.59. The molecule has 4 nitrogen and oxygen atoms in total. The molecular weight excluding hydrogens is 272 g/mol. The summed E-state index contributed by atoms with van der Waals surface area (Å²) < 4.78 is 0. The Bertz CT molecular complexity index is 207. The Labute approximate surface area is 140 Å². The SMILES string of the molecule is CCC(CNCCCCCCNCC(CC)N(C)C)N(C)C. The van der Waals surface area contributed by atoms with E-state index in [4.69, 9.17) is 0 Å². The molecule has 0 aliphatic rings. The van der Waals surface area contributed by atoms with Gasteiger partial charge in [-0.3, -0.25) is 0 Å². The molecule has 2 atom stereocenters. The maximum Gasteiger partial charge on any atom is 0.0211 e. The maximum atomic E-state index is 3.59. The Hall–Kier alpha value is -0.160. The Morgan fingerprint density at radius 1 is 0.636 bits per heavy atom. The minimum Gasteiger partial charge on any atom is -0.315 e. The summed E-state index contributed by atoms with van der Waals surface area (Å²) in [5.41, 5.74) is 0. The molecule has 0 spiro atoms. The van der Waals surface area contributed by atoms with Gasteiger partial charge in [-0.2, -0.15) is 0 Å². The summed E-state index contributed by atoms with van der Waals surface area (Å²) in [5.74, 6) is 0. The van der Waals surface area contributed by atoms with E-state index >= 15 is 0 Å². The van der Waals surface area contributed by atoms with Crippen LogP contribution in [0, 0.1) is 0 Å². The molecule has 0 aliphatic carbocycles. The van der Waals surface area contributed by atoms with Crippen molar-refractivity contribution >= 4 is 0 Å². The third-order valence-electron chi connectivity index (χ3n) is 4.62. The highest BCUT2D eigenvalue weighted by Gasteiger charge is 2.07. The molecule has 2 N–H and O–H groups in total. The van der Waals surface area contributed by atoms with Crippen molar-refractivity contribution in [3.63, 3.8) is 0 Å². The monoisotopic (exact) mass is 314 g/mol. The van der Waals surface area contributed by atoms with E-state index in [0.29, 0.717) is 12.1 Å². The van der Waals surface area contributed by atoms with E-state index in [1.807, 2.05) is 0 Å². The molecule has 0 heterocycles. The average Bonchev–Trinajstić information content (AvgIpc) is 2.47. The van der Waals surface area contributed by atoms with E-state index in [1.54, 1.807) is 0 Å². The molecule has 0 aliphatic heterocycles. The summed E-state index contributed by atoms with van der Waals surface area (Å²) in [4.78, 5) is 4.63. The van der Waals surface area contributed by atoms with Crippen LogP contribution in [-0.2, 0) is 0 Å². The second-order valence-corrected chi connectivity index (χ2v) is 6.87. The lowest BCUT2D eigenvalue weighted by Gasteiger charge is -2.23. The Balaban J connectivity index is 3.34. The first-order chi connectivity index (χ1) is 10.5. The fourth-order valence-electron chi connectivity index (χ4n) is 2.78. The van der Waals surface area contributed by atoms with Gasteiger partial charge in [0.2, 0.25) is 0 Å². The standard InChI is InChI=1S/C18H42N4/c1-7-17(21(3)4)15-19-13-11-9-10-12-14-20-16-18(8-2)22(5)6/h17-20H,7-16H2,1-6H3. The highest BCUT2D eigenvalue weighted by molar-refractivity contribution is 4.68. The summed E-state index contributed by atoms with van der Waals surface area (Å²) in [7, 11) is 8.68. The van der Waals surface area contributed by atoms with Crippen LogP contribution in [-0.4, -0.2) is 76.3 Å². The zero-order valence-corrected chi connectivity index (χ0v) is 16.1. The van der Waals surface area contributed by atoms with Crippen LogP contribution in [0.3, 0.4) is 0 Å². The molecular formula is C18H42N4. The lowest BCUT2D eigenvalue weighted by atomic mass is 10.1. The molecule has 0 saturated carbocycles. The van der Waals surface area contributed by atoms with Crippen molar-refractivity contribution in [1.82, 2.24) is 20.4 Å². The average molecular weight is 315 g/mol. The third-order valence-corrected chi connectivity index (χ3v) is 4.62. The van der Waals surface area contributed by atoms with Crippen LogP contribution in [0.5, 0.6) is 0 Å². The Kier molecular flexibility index (Phi) is 14.3. The molecule has 0 radical (unpaired) electrons. The van der Waals surface area contributed by atoms with Gasteiger partial charge in [-0.05, 0) is 67.0 Å². The molecule has 0 bridgehead atoms. The first-order valence-electron chi connectivity index (χ1n) is 9.27. The van der Waals surface area contributed by atoms with Crippen LogP contribution in [0.1, 0.15) is 52.4 Å². The van der Waals surface area contributed by atoms with Gasteiger partial charge in [-0.25, -0.2) is 0 Å². The van der Waals surface area contributed by atoms with E-state index in [9.17, 15) is 0 Å². The van der Waals surface area contributed by atoms with E-state index in [-0.39, 0.29) is 0 Å². The van der Waals surface area contributed by atoms with Gasteiger partial charge < -0.3 is 20.4 Å². The topological polar surface area (TPSA) is 30.5 Å². The number of unbranched alkanes of at least 4 members (excludes halogenated alkanes) is 3. The molecule has 4 heteroatoms. The van der Waals surface area contributed by atoms with Gasteiger partial charge in [0.15, 0.2) is 0 Å². The van der Waals surface area contributed by atoms with E-state index in [0.717, 1.165) is 26.2 Å². The zero-order chi connectivity index (χ0) is 16.8. The highest BCUT2D eigenvalue weighted by atomic mass is 15.1. The van der Waals surface area contributed by atoms with Crippen molar-refractivity contribution in [2.24, 2.45) is 0 Å². The van der Waals surface area contributed by atoms with E-state index in [2.05, 4.69) is 62.5 Å². The second kappa shape index (κ2) is 14.4. The van der Waals surface area contributed by atoms with Gasteiger partial charge in [-0.15, -0.1) is 0 Å². The first kappa shape index (κ1) is 21.8. The van der Waals surface area contributed by atoms with Gasteiger partial charge in [0.25, 0.3) is 0 Å². The van der Waals surface area contributed by atoms with Crippen LogP contribution in [0.25, 0.3) is 0 Å². The summed E-state index contributed by atoms with van der Waals surface area (Å²) in [5, 5.41) is 7.18. The van der Waals surface area contributed by atoms with Gasteiger partial charge in [0.05, 0.1) is 0 Å². The van der Waals surface area contributed by atoms with Crippen molar-refractivity contribution in [2.45, 2.75) is 64.5 Å². The minimum atomic E-state index is 0.674. The van der Waals surface area contributed by atoms with Gasteiger partial charge in [0.1, 0.15) is 0 Å². The summed E-state index contributed by atoms with van der Waals surface area (Å²) in [6, 6.07) is 1.35. The van der Waals surface area contributed by atoms with Gasteiger partial charge >= 0.3 is 0 Å².